The first-order chi connectivity index (χ1) is 5.57. The number of carbonyl (C=O) groups excluding carboxylic acids is 1. The van der Waals surface area contributed by atoms with Crippen LogP contribution in [-0.4, -0.2) is 14.1 Å². The largest absolute Gasteiger partial charge is 0.576 e. The summed E-state index contributed by atoms with van der Waals surface area (Å²) in [4.78, 5) is 10.0. The zero-order valence-electron chi connectivity index (χ0n) is 5.77. The highest BCUT2D eigenvalue weighted by Gasteiger charge is 2.11. The van der Waals surface area contributed by atoms with Crippen molar-refractivity contribution in [3.05, 3.63) is 29.1 Å². The Balaban J connectivity index is 3.51. The van der Waals surface area contributed by atoms with E-state index in [1.807, 2.05) is 0 Å². The Kier molecular flexibility index (Phi) is 2.21. The Labute approximate surface area is 67.6 Å². The molecule has 0 fully saturated rings. The summed E-state index contributed by atoms with van der Waals surface area (Å²) in [6.07, 6.45) is -0.104. The molecule has 0 aromatic heterocycles. The van der Waals surface area contributed by atoms with Crippen molar-refractivity contribution >= 4 is 19.6 Å². The van der Waals surface area contributed by atoms with Gasteiger partial charge in [-0.1, -0.05) is 6.07 Å². The van der Waals surface area contributed by atoms with E-state index < -0.39 is 28.5 Å². The third-order valence-electron chi connectivity index (χ3n) is 1.34. The quantitative estimate of drug-likeness (QED) is 0.344. The van der Waals surface area contributed by atoms with Gasteiger partial charge < -0.3 is 7.85 Å². The van der Waals surface area contributed by atoms with Crippen LogP contribution in [0.1, 0.15) is 10.4 Å². The highest BCUT2D eigenvalue weighted by molar-refractivity contribution is 6.32. The van der Waals surface area contributed by atoms with Gasteiger partial charge in [-0.15, -0.1) is 0 Å². The maximum atomic E-state index is 12.6. The first-order valence-corrected chi connectivity index (χ1v) is 2.96. The van der Waals surface area contributed by atoms with Gasteiger partial charge in [0.2, 0.25) is 0 Å². The van der Waals surface area contributed by atoms with Crippen LogP contribution in [0.15, 0.2) is 6.07 Å². The summed E-state index contributed by atoms with van der Waals surface area (Å²) in [5.74, 6) is -4.12. The number of hydrogen-bond donors (Lipinski definition) is 0. The summed E-state index contributed by atoms with van der Waals surface area (Å²) in [7, 11) is 4.87. The Morgan fingerprint density at radius 2 is 1.83 bits per heavy atom. The van der Waals surface area contributed by atoms with Crippen LogP contribution in [-0.2, 0) is 0 Å². The van der Waals surface area contributed by atoms with Crippen molar-refractivity contribution in [3.8, 4) is 0 Å². The fourth-order valence-electron chi connectivity index (χ4n) is 0.735. The third kappa shape index (κ3) is 1.22. The van der Waals surface area contributed by atoms with Crippen molar-refractivity contribution in [1.29, 1.82) is 0 Å². The SMILES string of the molecule is [B-]c1cc(F)c(C=O)c(F)c1F. The average Bonchev–Trinajstić information content (AvgIpc) is 2.01. The van der Waals surface area contributed by atoms with E-state index in [2.05, 4.69) is 0 Å². The number of rotatable bonds is 1. The zero-order chi connectivity index (χ0) is 9.30. The van der Waals surface area contributed by atoms with Crippen molar-refractivity contribution < 1.29 is 18.0 Å². The van der Waals surface area contributed by atoms with Gasteiger partial charge >= 0.3 is 0 Å². The zero-order valence-corrected chi connectivity index (χ0v) is 5.77. The van der Waals surface area contributed by atoms with Crippen LogP contribution in [0.5, 0.6) is 0 Å². The van der Waals surface area contributed by atoms with Crippen LogP contribution in [0, 0.1) is 17.5 Å². The molecular formula is C7H2BF3O-. The van der Waals surface area contributed by atoms with Gasteiger partial charge in [-0.05, 0) is 0 Å². The molecule has 1 nitrogen and oxygen atoms in total. The van der Waals surface area contributed by atoms with Gasteiger partial charge in [-0.3, -0.25) is 10.3 Å². The lowest BCUT2D eigenvalue weighted by Crippen LogP contribution is -2.14. The van der Waals surface area contributed by atoms with Gasteiger partial charge in [0.1, 0.15) is 11.6 Å². The van der Waals surface area contributed by atoms with Crippen molar-refractivity contribution in [2.75, 3.05) is 0 Å². The molecule has 12 heavy (non-hydrogen) atoms. The molecule has 0 bridgehead atoms. The molecule has 0 spiro atoms. The Hall–Kier alpha value is -1.26. The first-order valence-electron chi connectivity index (χ1n) is 2.96. The summed E-state index contributed by atoms with van der Waals surface area (Å²) in [6.45, 7) is 0. The minimum Gasteiger partial charge on any atom is -0.576 e. The van der Waals surface area contributed by atoms with Crippen molar-refractivity contribution in [2.24, 2.45) is 0 Å². The molecule has 1 aromatic rings. The van der Waals surface area contributed by atoms with Gasteiger partial charge in [0.25, 0.3) is 0 Å². The van der Waals surface area contributed by atoms with Crippen molar-refractivity contribution in [3.63, 3.8) is 0 Å². The molecule has 5 heteroatoms. The molecule has 1 aromatic carbocycles. The lowest BCUT2D eigenvalue weighted by Gasteiger charge is -2.10. The normalized spacial score (nSPS) is 10.0. The van der Waals surface area contributed by atoms with E-state index >= 15 is 0 Å². The molecule has 0 atom stereocenters. The fourth-order valence-corrected chi connectivity index (χ4v) is 0.735. The first kappa shape index (κ1) is 8.84. The van der Waals surface area contributed by atoms with E-state index in [9.17, 15) is 18.0 Å². The number of benzene rings is 1. The predicted octanol–water partition coefficient (Wildman–Crippen LogP) is 0.710. The molecule has 0 saturated heterocycles. The van der Waals surface area contributed by atoms with Crippen LogP contribution in [0.4, 0.5) is 13.2 Å². The molecule has 0 N–H and O–H groups in total. The number of halogens is 3. The van der Waals surface area contributed by atoms with Crippen molar-refractivity contribution in [2.45, 2.75) is 0 Å². The minimum absolute atomic E-state index is 0.104. The average molecular weight is 170 g/mol. The van der Waals surface area contributed by atoms with Crippen LogP contribution in [0.3, 0.4) is 0 Å². The molecule has 0 aliphatic heterocycles. The molecule has 0 aliphatic rings. The van der Waals surface area contributed by atoms with Gasteiger partial charge in [0, 0.05) is 0 Å². The maximum absolute atomic E-state index is 12.6. The third-order valence-corrected chi connectivity index (χ3v) is 1.34. The summed E-state index contributed by atoms with van der Waals surface area (Å²) in [5, 5.41) is 0. The van der Waals surface area contributed by atoms with Crippen LogP contribution < -0.4 is 5.46 Å². The topological polar surface area (TPSA) is 17.1 Å². The van der Waals surface area contributed by atoms with E-state index in [0.29, 0.717) is 6.07 Å². The molecule has 3 radical (unpaired) electrons. The molecule has 0 unspecified atom stereocenters. The minimum atomic E-state index is -1.55. The highest BCUT2D eigenvalue weighted by Crippen LogP contribution is 2.11. The summed E-state index contributed by atoms with van der Waals surface area (Å²) < 4.78 is 37.7. The lowest BCUT2D eigenvalue weighted by molar-refractivity contribution is 0.111. The van der Waals surface area contributed by atoms with Gasteiger partial charge in [-0.25, -0.2) is 13.2 Å². The molecule has 0 amide bonds. The van der Waals surface area contributed by atoms with E-state index in [1.54, 1.807) is 0 Å². The van der Waals surface area contributed by atoms with Crippen LogP contribution >= 0.6 is 0 Å². The second-order valence-corrected chi connectivity index (χ2v) is 2.11. The van der Waals surface area contributed by atoms with Gasteiger partial charge in [-0.2, -0.15) is 0 Å². The molecule has 0 heterocycles. The summed E-state index contributed by atoms with van der Waals surface area (Å²) in [5.41, 5.74) is -1.60. The molecule has 0 saturated carbocycles. The molecule has 1 rings (SSSR count). The van der Waals surface area contributed by atoms with Crippen LogP contribution in [0.2, 0.25) is 0 Å². The Bertz CT molecular complexity index is 338. The van der Waals surface area contributed by atoms with E-state index in [0.717, 1.165) is 0 Å². The lowest BCUT2D eigenvalue weighted by atomic mass is 9.94. The molecular weight excluding hydrogens is 168 g/mol. The van der Waals surface area contributed by atoms with Gasteiger partial charge in [0.05, 0.1) is 5.56 Å². The smallest absolute Gasteiger partial charge is 0.168 e. The summed E-state index contributed by atoms with van der Waals surface area (Å²) in [6, 6.07) is 0.558. The fraction of sp³-hybridized carbons (Fsp3) is 0. The molecule has 0 aliphatic carbocycles. The number of aldehydes is 1. The monoisotopic (exact) mass is 170 g/mol. The second kappa shape index (κ2) is 3.01. The number of hydrogen-bond acceptors (Lipinski definition) is 1. The second-order valence-electron chi connectivity index (χ2n) is 2.11. The summed E-state index contributed by atoms with van der Waals surface area (Å²) >= 11 is 0. The number of carbonyl (C=O) groups is 1. The van der Waals surface area contributed by atoms with Crippen molar-refractivity contribution in [1.82, 2.24) is 0 Å². The Morgan fingerprint density at radius 3 is 2.33 bits per heavy atom. The highest BCUT2D eigenvalue weighted by atomic mass is 19.2. The van der Waals surface area contributed by atoms with E-state index in [-0.39, 0.29) is 6.29 Å². The van der Waals surface area contributed by atoms with Gasteiger partial charge in [0.15, 0.2) is 12.1 Å². The van der Waals surface area contributed by atoms with E-state index in [4.69, 9.17) is 7.85 Å². The van der Waals surface area contributed by atoms with Crippen LogP contribution in [0.25, 0.3) is 0 Å². The standard InChI is InChI=1S/C7H2BF3O/c8-4-1-5(9)3(2-12)6(10)7(4)11/h1-2H/q-1. The Morgan fingerprint density at radius 1 is 1.25 bits per heavy atom. The van der Waals surface area contributed by atoms with E-state index in [1.165, 1.54) is 0 Å². The predicted molar refractivity (Wildman–Crippen MR) is 37.1 cm³/mol. The maximum Gasteiger partial charge on any atom is 0.168 e. The molecule has 61 valence electrons.